The molecule has 0 aliphatic carbocycles. The first-order valence-electron chi connectivity index (χ1n) is 9.71. The number of rotatable bonds is 4. The number of hydrogen-bond donors (Lipinski definition) is 0. The number of hydrogen-bond acceptors (Lipinski definition) is 5. The average Bonchev–Trinajstić information content (AvgIpc) is 3.06. The van der Waals surface area contributed by atoms with Crippen LogP contribution >= 0.6 is 34.5 Å². The monoisotopic (exact) mass is 490 g/mol. The fraction of sp³-hybridized carbons (Fsp3) is 0.174. The van der Waals surface area contributed by atoms with Crippen molar-refractivity contribution < 1.29 is 13.9 Å². The molecule has 1 aliphatic heterocycles. The van der Waals surface area contributed by atoms with Crippen LogP contribution < -0.4 is 14.9 Å². The van der Waals surface area contributed by atoms with Crippen LogP contribution in [0.15, 0.2) is 63.5 Å². The molecule has 2 aromatic carbocycles. The summed E-state index contributed by atoms with van der Waals surface area (Å²) in [7, 11) is 0. The number of halogens is 3. The van der Waals surface area contributed by atoms with Gasteiger partial charge in [0.05, 0.1) is 38.5 Å². The first-order valence-corrected chi connectivity index (χ1v) is 11.3. The van der Waals surface area contributed by atoms with Crippen molar-refractivity contribution in [3.05, 3.63) is 100 Å². The number of thiazole rings is 1. The summed E-state index contributed by atoms with van der Waals surface area (Å²) >= 11 is 13.6. The highest BCUT2D eigenvalue weighted by atomic mass is 35.5. The standard InChI is InChI=1S/C23H17Cl2FN2O3S/c1-3-31-22(30)18-12(2)27-23-28(20(18)13-7-9-15(26)10-8-13)21(29)17(32-23)11-14-5-4-6-16(24)19(14)25/h4-11,20H,3H2,1-2H3/b17-11-/t20-/m1/s1. The number of benzene rings is 2. The maximum absolute atomic E-state index is 13.6. The molecule has 164 valence electrons. The summed E-state index contributed by atoms with van der Waals surface area (Å²) in [6, 6.07) is 10.0. The number of carbonyl (C=O) groups is 1. The molecule has 1 aliphatic rings. The van der Waals surface area contributed by atoms with Gasteiger partial charge in [0, 0.05) is 0 Å². The number of allylic oxidation sites excluding steroid dienone is 1. The molecule has 4 rings (SSSR count). The Balaban J connectivity index is 1.98. The van der Waals surface area contributed by atoms with Gasteiger partial charge in [-0.25, -0.2) is 14.2 Å². The molecule has 0 saturated heterocycles. The molecule has 0 bridgehead atoms. The van der Waals surface area contributed by atoms with Crippen molar-refractivity contribution in [3.8, 4) is 0 Å². The molecule has 9 heteroatoms. The zero-order valence-corrected chi connectivity index (χ0v) is 19.4. The van der Waals surface area contributed by atoms with Crippen LogP contribution in [0.3, 0.4) is 0 Å². The number of ether oxygens (including phenoxy) is 1. The van der Waals surface area contributed by atoms with E-state index in [0.29, 0.717) is 36.2 Å². The maximum Gasteiger partial charge on any atom is 0.338 e. The van der Waals surface area contributed by atoms with E-state index in [1.165, 1.54) is 28.0 Å². The lowest BCUT2D eigenvalue weighted by Gasteiger charge is -2.24. The van der Waals surface area contributed by atoms with Crippen molar-refractivity contribution in [3.63, 3.8) is 0 Å². The van der Waals surface area contributed by atoms with E-state index in [1.807, 2.05) is 0 Å². The summed E-state index contributed by atoms with van der Waals surface area (Å²) in [5.41, 5.74) is 1.47. The van der Waals surface area contributed by atoms with Gasteiger partial charge in [-0.2, -0.15) is 0 Å². The third-order valence-electron chi connectivity index (χ3n) is 4.97. The molecule has 0 saturated carbocycles. The SMILES string of the molecule is CCOC(=O)C1=C(C)N=c2s/c(=C\c3cccc(Cl)c3Cl)c(=O)n2[C@@H]1c1ccc(F)cc1. The number of carbonyl (C=O) groups excluding carboxylic acids is 1. The Morgan fingerprint density at radius 2 is 1.97 bits per heavy atom. The lowest BCUT2D eigenvalue weighted by molar-refractivity contribution is -0.139. The van der Waals surface area contributed by atoms with Gasteiger partial charge in [0.15, 0.2) is 4.80 Å². The number of fused-ring (bicyclic) bond motifs is 1. The van der Waals surface area contributed by atoms with Gasteiger partial charge < -0.3 is 4.74 Å². The van der Waals surface area contributed by atoms with Crippen LogP contribution in [0, 0.1) is 5.82 Å². The van der Waals surface area contributed by atoms with Gasteiger partial charge >= 0.3 is 5.97 Å². The Kier molecular flexibility index (Phi) is 6.33. The smallest absolute Gasteiger partial charge is 0.338 e. The zero-order valence-electron chi connectivity index (χ0n) is 17.1. The minimum absolute atomic E-state index is 0.170. The average molecular weight is 491 g/mol. The van der Waals surface area contributed by atoms with Gasteiger partial charge in [-0.3, -0.25) is 9.36 Å². The highest BCUT2D eigenvalue weighted by Crippen LogP contribution is 2.31. The fourth-order valence-electron chi connectivity index (χ4n) is 3.53. The van der Waals surface area contributed by atoms with Crippen molar-refractivity contribution in [2.45, 2.75) is 19.9 Å². The second-order valence-corrected chi connectivity index (χ2v) is 8.79. The summed E-state index contributed by atoms with van der Waals surface area (Å²) in [4.78, 5) is 31.2. The first-order chi connectivity index (χ1) is 15.3. The van der Waals surface area contributed by atoms with E-state index < -0.39 is 17.8 Å². The molecule has 0 unspecified atom stereocenters. The molecule has 0 amide bonds. The number of esters is 1. The lowest BCUT2D eigenvalue weighted by Crippen LogP contribution is -2.39. The van der Waals surface area contributed by atoms with E-state index in [9.17, 15) is 14.0 Å². The molecule has 32 heavy (non-hydrogen) atoms. The summed E-state index contributed by atoms with van der Waals surface area (Å²) in [5.74, 6) is -0.995. The topological polar surface area (TPSA) is 60.7 Å². The summed E-state index contributed by atoms with van der Waals surface area (Å²) in [5, 5.41) is 0.705. The number of aromatic nitrogens is 1. The Hall–Kier alpha value is -2.74. The summed E-state index contributed by atoms with van der Waals surface area (Å²) in [6.45, 7) is 3.56. The van der Waals surface area contributed by atoms with Crippen molar-refractivity contribution in [1.29, 1.82) is 0 Å². The Morgan fingerprint density at radius 1 is 1.25 bits per heavy atom. The minimum atomic E-state index is -0.803. The van der Waals surface area contributed by atoms with Crippen LogP contribution in [-0.2, 0) is 9.53 Å². The molecule has 0 N–H and O–H groups in total. The highest BCUT2D eigenvalue weighted by molar-refractivity contribution is 7.07. The molecule has 2 heterocycles. The maximum atomic E-state index is 13.6. The molecular formula is C23H17Cl2FN2O3S. The molecule has 1 atom stereocenters. The van der Waals surface area contributed by atoms with Gasteiger partial charge in [-0.05, 0) is 49.2 Å². The van der Waals surface area contributed by atoms with Crippen molar-refractivity contribution in [2.24, 2.45) is 4.99 Å². The third-order valence-corrected chi connectivity index (χ3v) is 6.79. The molecule has 1 aromatic heterocycles. The van der Waals surface area contributed by atoms with Crippen molar-refractivity contribution in [2.75, 3.05) is 6.61 Å². The first kappa shape index (κ1) is 22.5. The Bertz CT molecular complexity index is 1420. The molecule has 0 radical (unpaired) electrons. The molecular weight excluding hydrogens is 474 g/mol. The van der Waals surface area contributed by atoms with Crippen LogP contribution in [-0.4, -0.2) is 17.1 Å². The van der Waals surface area contributed by atoms with Gasteiger partial charge in [0.25, 0.3) is 5.56 Å². The van der Waals surface area contributed by atoms with Gasteiger partial charge in [0.1, 0.15) is 5.82 Å². The number of nitrogens with zero attached hydrogens (tertiary/aromatic N) is 2. The van der Waals surface area contributed by atoms with Crippen LogP contribution in [0.2, 0.25) is 10.0 Å². The van der Waals surface area contributed by atoms with E-state index in [0.717, 1.165) is 0 Å². The summed E-state index contributed by atoms with van der Waals surface area (Å²) < 4.78 is 20.6. The van der Waals surface area contributed by atoms with Crippen LogP contribution in [0.5, 0.6) is 0 Å². The van der Waals surface area contributed by atoms with Gasteiger partial charge in [-0.1, -0.05) is 58.8 Å². The largest absolute Gasteiger partial charge is 0.463 e. The van der Waals surface area contributed by atoms with E-state index in [-0.39, 0.29) is 17.7 Å². The fourth-order valence-corrected chi connectivity index (χ4v) is 4.93. The Labute approximate surface area is 196 Å². The predicted octanol–water partition coefficient (Wildman–Crippen LogP) is 4.24. The van der Waals surface area contributed by atoms with Crippen molar-refractivity contribution >= 4 is 46.6 Å². The molecule has 0 fully saturated rings. The molecule has 0 spiro atoms. The van der Waals surface area contributed by atoms with E-state index in [2.05, 4.69) is 4.99 Å². The van der Waals surface area contributed by atoms with Crippen LogP contribution in [0.25, 0.3) is 6.08 Å². The van der Waals surface area contributed by atoms with Crippen molar-refractivity contribution in [1.82, 2.24) is 4.57 Å². The quantitative estimate of drug-likeness (QED) is 0.513. The highest BCUT2D eigenvalue weighted by Gasteiger charge is 2.33. The van der Waals surface area contributed by atoms with E-state index in [1.54, 1.807) is 50.3 Å². The second-order valence-electron chi connectivity index (χ2n) is 7.00. The Morgan fingerprint density at radius 3 is 2.66 bits per heavy atom. The molecule has 3 aromatic rings. The van der Waals surface area contributed by atoms with Gasteiger partial charge in [-0.15, -0.1) is 0 Å². The van der Waals surface area contributed by atoms with Crippen LogP contribution in [0.4, 0.5) is 4.39 Å². The van der Waals surface area contributed by atoms with E-state index in [4.69, 9.17) is 27.9 Å². The van der Waals surface area contributed by atoms with Gasteiger partial charge in [0.2, 0.25) is 0 Å². The third kappa shape index (κ3) is 4.03. The predicted molar refractivity (Wildman–Crippen MR) is 123 cm³/mol. The normalized spacial score (nSPS) is 16.0. The van der Waals surface area contributed by atoms with E-state index >= 15 is 0 Å². The zero-order chi connectivity index (χ0) is 23.0. The molecule has 5 nitrogen and oxygen atoms in total. The second kappa shape index (κ2) is 9.02. The minimum Gasteiger partial charge on any atom is -0.463 e. The van der Waals surface area contributed by atoms with Crippen LogP contribution in [0.1, 0.15) is 31.0 Å². The lowest BCUT2D eigenvalue weighted by atomic mass is 9.96. The summed E-state index contributed by atoms with van der Waals surface area (Å²) in [6.07, 6.45) is 1.64.